The van der Waals surface area contributed by atoms with Gasteiger partial charge in [-0.25, -0.2) is 4.39 Å². The molecule has 8 heteroatoms. The van der Waals surface area contributed by atoms with Crippen molar-refractivity contribution >= 4 is 23.2 Å². The van der Waals surface area contributed by atoms with Crippen LogP contribution in [0.3, 0.4) is 0 Å². The van der Waals surface area contributed by atoms with Crippen LogP contribution in [-0.4, -0.2) is 27.7 Å². The van der Waals surface area contributed by atoms with E-state index in [0.29, 0.717) is 23.0 Å². The molecule has 1 N–H and O–H groups in total. The Morgan fingerprint density at radius 2 is 2.00 bits per heavy atom. The van der Waals surface area contributed by atoms with Crippen LogP contribution in [0.15, 0.2) is 47.0 Å². The van der Waals surface area contributed by atoms with E-state index in [9.17, 15) is 14.3 Å². The molecule has 1 aliphatic rings. The highest BCUT2D eigenvalue weighted by Crippen LogP contribution is 2.32. The quantitative estimate of drug-likeness (QED) is 0.756. The minimum Gasteiger partial charge on any atom is -0.505 e. The molecule has 0 bridgehead atoms. The highest BCUT2D eigenvalue weighted by molar-refractivity contribution is 6.30. The van der Waals surface area contributed by atoms with Crippen LogP contribution in [0.25, 0.3) is 11.4 Å². The number of halogens is 2. The predicted molar refractivity (Wildman–Crippen MR) is 92.5 cm³/mol. The number of hydrogen-bond donors (Lipinski definition) is 1. The third-order valence-corrected chi connectivity index (χ3v) is 4.51. The van der Waals surface area contributed by atoms with E-state index in [1.54, 1.807) is 29.2 Å². The normalized spacial score (nSPS) is 17.1. The van der Waals surface area contributed by atoms with Gasteiger partial charge in [-0.05, 0) is 42.5 Å². The van der Waals surface area contributed by atoms with E-state index in [4.69, 9.17) is 16.1 Å². The van der Waals surface area contributed by atoms with Crippen LogP contribution in [0.4, 0.5) is 10.1 Å². The van der Waals surface area contributed by atoms with E-state index in [0.717, 1.165) is 11.8 Å². The van der Waals surface area contributed by atoms with E-state index >= 15 is 0 Å². The van der Waals surface area contributed by atoms with Gasteiger partial charge in [0.2, 0.25) is 17.6 Å². The van der Waals surface area contributed by atoms with Crippen LogP contribution in [0.1, 0.15) is 18.2 Å². The third kappa shape index (κ3) is 3.01. The molecule has 3 aromatic rings. The first-order valence-electron chi connectivity index (χ1n) is 7.89. The van der Waals surface area contributed by atoms with Gasteiger partial charge in [0.05, 0.1) is 5.92 Å². The van der Waals surface area contributed by atoms with E-state index < -0.39 is 11.6 Å². The molecule has 1 fully saturated rings. The molecule has 2 aromatic carbocycles. The maximum Gasteiger partial charge on any atom is 0.232 e. The Morgan fingerprint density at radius 1 is 1.23 bits per heavy atom. The molecule has 1 atom stereocenters. The number of carbonyl (C=O) groups excluding carboxylic acids is 1. The van der Waals surface area contributed by atoms with Crippen LogP contribution in [0, 0.1) is 5.82 Å². The van der Waals surface area contributed by atoms with Gasteiger partial charge in [-0.3, -0.25) is 4.79 Å². The van der Waals surface area contributed by atoms with Gasteiger partial charge in [-0.2, -0.15) is 4.98 Å². The fourth-order valence-corrected chi connectivity index (χ4v) is 3.03. The molecular formula is C18H13ClFN3O3. The number of amides is 1. The van der Waals surface area contributed by atoms with Crippen LogP contribution >= 0.6 is 11.6 Å². The summed E-state index contributed by atoms with van der Waals surface area (Å²) in [7, 11) is 0. The highest BCUT2D eigenvalue weighted by Gasteiger charge is 2.35. The van der Waals surface area contributed by atoms with Gasteiger partial charge >= 0.3 is 0 Å². The molecule has 1 aliphatic heterocycles. The Bertz CT molecular complexity index is 974. The summed E-state index contributed by atoms with van der Waals surface area (Å²) >= 11 is 5.88. The lowest BCUT2D eigenvalue weighted by Crippen LogP contribution is -2.24. The van der Waals surface area contributed by atoms with Crippen LogP contribution < -0.4 is 4.90 Å². The third-order valence-electron chi connectivity index (χ3n) is 4.26. The fraction of sp³-hybridized carbons (Fsp3) is 0.167. The molecular weight excluding hydrogens is 361 g/mol. The summed E-state index contributed by atoms with van der Waals surface area (Å²) in [4.78, 5) is 18.3. The van der Waals surface area contributed by atoms with Crippen molar-refractivity contribution in [1.29, 1.82) is 0 Å². The Balaban J connectivity index is 1.55. The minimum absolute atomic E-state index is 0.0484. The van der Waals surface area contributed by atoms with Crippen molar-refractivity contribution in [2.45, 2.75) is 12.3 Å². The molecule has 26 heavy (non-hydrogen) atoms. The molecule has 6 nitrogen and oxygen atoms in total. The summed E-state index contributed by atoms with van der Waals surface area (Å²) in [5.41, 5.74) is 1.14. The van der Waals surface area contributed by atoms with E-state index in [2.05, 4.69) is 10.1 Å². The second-order valence-electron chi connectivity index (χ2n) is 6.00. The SMILES string of the molecule is O=C1CC(c2nc(-c3ccc(O)c(F)c3)no2)CN1c1ccc(Cl)cc1. The highest BCUT2D eigenvalue weighted by atomic mass is 35.5. The van der Waals surface area contributed by atoms with Crippen molar-refractivity contribution in [3.05, 3.63) is 59.2 Å². The summed E-state index contributed by atoms with van der Waals surface area (Å²) in [5.74, 6) is -0.986. The van der Waals surface area contributed by atoms with Gasteiger partial charge in [0.15, 0.2) is 11.6 Å². The lowest BCUT2D eigenvalue weighted by Gasteiger charge is -2.15. The maximum atomic E-state index is 13.5. The van der Waals surface area contributed by atoms with E-state index in [-0.39, 0.29) is 24.1 Å². The summed E-state index contributed by atoms with van der Waals surface area (Å²) in [6.07, 6.45) is 0.244. The topological polar surface area (TPSA) is 79.5 Å². The first-order chi connectivity index (χ1) is 12.5. The van der Waals surface area contributed by atoms with Crippen LogP contribution in [-0.2, 0) is 4.79 Å². The van der Waals surface area contributed by atoms with E-state index in [1.165, 1.54) is 12.1 Å². The first kappa shape index (κ1) is 16.5. The zero-order valence-electron chi connectivity index (χ0n) is 13.4. The molecule has 132 valence electrons. The van der Waals surface area contributed by atoms with Crippen molar-refractivity contribution in [3.8, 4) is 17.1 Å². The molecule has 0 aliphatic carbocycles. The molecule has 1 saturated heterocycles. The molecule has 4 rings (SSSR count). The lowest BCUT2D eigenvalue weighted by atomic mass is 10.1. The standard InChI is InChI=1S/C18H13ClFN3O3/c19-12-2-4-13(5-3-12)23-9-11(8-16(23)25)18-21-17(22-26-18)10-1-6-15(24)14(20)7-10/h1-7,11,24H,8-9H2. The molecule has 1 aromatic heterocycles. The predicted octanol–water partition coefficient (Wildman–Crippen LogP) is 3.76. The average Bonchev–Trinajstić information content (AvgIpc) is 3.25. The zero-order valence-corrected chi connectivity index (χ0v) is 14.2. The summed E-state index contributed by atoms with van der Waals surface area (Å²) in [5, 5.41) is 13.7. The second kappa shape index (κ2) is 6.42. The van der Waals surface area contributed by atoms with Gasteiger partial charge in [-0.15, -0.1) is 0 Å². The molecule has 0 saturated carbocycles. The lowest BCUT2D eigenvalue weighted by molar-refractivity contribution is -0.117. The molecule has 1 amide bonds. The second-order valence-corrected chi connectivity index (χ2v) is 6.44. The molecule has 2 heterocycles. The average molecular weight is 374 g/mol. The molecule has 0 radical (unpaired) electrons. The smallest absolute Gasteiger partial charge is 0.232 e. The Hall–Kier alpha value is -2.93. The molecule has 1 unspecified atom stereocenters. The summed E-state index contributed by atoms with van der Waals surface area (Å²) in [6.45, 7) is 0.409. The number of benzene rings is 2. The monoisotopic (exact) mass is 373 g/mol. The van der Waals surface area contributed by atoms with Gasteiger partial charge in [0, 0.05) is 29.2 Å². The maximum absolute atomic E-state index is 13.5. The van der Waals surface area contributed by atoms with Gasteiger partial charge in [0.1, 0.15) is 0 Å². The van der Waals surface area contributed by atoms with Crippen molar-refractivity contribution in [1.82, 2.24) is 10.1 Å². The zero-order chi connectivity index (χ0) is 18.3. The summed E-state index contributed by atoms with van der Waals surface area (Å²) in [6, 6.07) is 10.9. The first-order valence-corrected chi connectivity index (χ1v) is 8.27. The Labute approximate surface area is 152 Å². The Morgan fingerprint density at radius 3 is 2.73 bits per heavy atom. The number of aromatic hydroxyl groups is 1. The Kier molecular flexibility index (Phi) is 4.08. The number of phenols is 1. The van der Waals surface area contributed by atoms with Gasteiger partial charge < -0.3 is 14.5 Å². The van der Waals surface area contributed by atoms with E-state index in [1.807, 2.05) is 0 Å². The number of anilines is 1. The number of phenolic OH excluding ortho intramolecular Hbond substituents is 1. The number of nitrogens with zero attached hydrogens (tertiary/aromatic N) is 3. The molecule has 0 spiro atoms. The van der Waals surface area contributed by atoms with Crippen molar-refractivity contribution in [3.63, 3.8) is 0 Å². The van der Waals surface area contributed by atoms with Crippen molar-refractivity contribution in [2.24, 2.45) is 0 Å². The van der Waals surface area contributed by atoms with Gasteiger partial charge in [-0.1, -0.05) is 16.8 Å². The number of rotatable bonds is 3. The van der Waals surface area contributed by atoms with Gasteiger partial charge in [0.25, 0.3) is 0 Å². The number of carbonyl (C=O) groups is 1. The van der Waals surface area contributed by atoms with Crippen LogP contribution in [0.5, 0.6) is 5.75 Å². The van der Waals surface area contributed by atoms with Crippen LogP contribution in [0.2, 0.25) is 5.02 Å². The number of hydrogen-bond acceptors (Lipinski definition) is 5. The number of aromatic nitrogens is 2. The fourth-order valence-electron chi connectivity index (χ4n) is 2.91. The largest absolute Gasteiger partial charge is 0.505 e. The van der Waals surface area contributed by atoms with Crippen molar-refractivity contribution in [2.75, 3.05) is 11.4 Å². The van der Waals surface area contributed by atoms with Crippen molar-refractivity contribution < 1.29 is 18.8 Å². The summed E-state index contributed by atoms with van der Waals surface area (Å²) < 4.78 is 18.8. The minimum atomic E-state index is -0.765.